The van der Waals surface area contributed by atoms with Crippen molar-refractivity contribution >= 4 is 21.6 Å². The number of anilines is 1. The maximum Gasteiger partial charge on any atom is 0.241 e. The minimum absolute atomic E-state index is 0.115. The summed E-state index contributed by atoms with van der Waals surface area (Å²) in [6.45, 7) is 5.75. The molecular weight excluding hydrogens is 390 g/mol. The molecule has 1 saturated heterocycles. The number of carbonyl (C=O) groups is 1. The second-order valence-corrected chi connectivity index (χ2v) is 9.41. The molecule has 4 rings (SSSR count). The van der Waals surface area contributed by atoms with Gasteiger partial charge in [0.1, 0.15) is 13.1 Å². The maximum absolute atomic E-state index is 13.2. The number of rotatable bonds is 6. The summed E-state index contributed by atoms with van der Waals surface area (Å²) in [5.74, 6) is -0.115. The Morgan fingerprint density at radius 1 is 1.14 bits per heavy atom. The van der Waals surface area contributed by atoms with E-state index in [9.17, 15) is 13.2 Å². The van der Waals surface area contributed by atoms with Crippen molar-refractivity contribution < 1.29 is 22.8 Å². The lowest BCUT2D eigenvalue weighted by Gasteiger charge is -2.28. The van der Waals surface area contributed by atoms with E-state index in [-0.39, 0.29) is 23.3 Å². The molecule has 8 heteroatoms. The molecule has 29 heavy (non-hydrogen) atoms. The number of morpholine rings is 1. The molecule has 2 aliphatic heterocycles. The lowest BCUT2D eigenvalue weighted by molar-refractivity contribution is -0.909. The van der Waals surface area contributed by atoms with Gasteiger partial charge >= 0.3 is 0 Å². The van der Waals surface area contributed by atoms with E-state index in [0.717, 1.165) is 24.2 Å². The summed E-state index contributed by atoms with van der Waals surface area (Å²) in [6, 6.07) is 12.4. The van der Waals surface area contributed by atoms with Crippen LogP contribution in [0.5, 0.6) is 0 Å². The van der Waals surface area contributed by atoms with Gasteiger partial charge in [-0.2, -0.15) is 4.72 Å². The molecule has 0 aromatic heterocycles. The van der Waals surface area contributed by atoms with Crippen molar-refractivity contribution in [3.63, 3.8) is 0 Å². The van der Waals surface area contributed by atoms with E-state index < -0.39 is 10.0 Å². The summed E-state index contributed by atoms with van der Waals surface area (Å²) in [4.78, 5) is 13.1. The molecule has 2 aliphatic rings. The summed E-state index contributed by atoms with van der Waals surface area (Å²) in [7, 11) is -3.74. The minimum Gasteiger partial charge on any atom is -0.370 e. The molecule has 2 aromatic carbocycles. The molecule has 3 N–H and O–H groups in total. The Bertz CT molecular complexity index is 999. The van der Waals surface area contributed by atoms with Gasteiger partial charge in [0.15, 0.2) is 0 Å². The monoisotopic (exact) mass is 416 g/mol. The van der Waals surface area contributed by atoms with Crippen LogP contribution in [0.2, 0.25) is 0 Å². The highest BCUT2D eigenvalue weighted by molar-refractivity contribution is 7.89. The summed E-state index contributed by atoms with van der Waals surface area (Å²) in [5, 5.41) is 2.73. The van der Waals surface area contributed by atoms with Crippen molar-refractivity contribution in [2.75, 3.05) is 38.2 Å². The molecule has 0 spiro atoms. The van der Waals surface area contributed by atoms with Gasteiger partial charge in [-0.05, 0) is 36.2 Å². The van der Waals surface area contributed by atoms with E-state index in [0.29, 0.717) is 31.0 Å². The Morgan fingerprint density at radius 3 is 2.59 bits per heavy atom. The SMILES string of the molecule is Cc1ccc([C@@H](C[NH+]2CCOCC2)NS(=O)(=O)c2ccc3c(c2)CC(=O)N3)cc1. The standard InChI is InChI=1S/C21H25N3O4S/c1-15-2-4-16(5-3-15)20(14-24-8-10-28-11-9-24)23-29(26,27)18-6-7-19-17(12-18)13-21(25)22-19/h2-7,12,20,23H,8-11,13-14H2,1H3,(H,22,25)/p+1/t20-/m1/s1. The van der Waals surface area contributed by atoms with Crippen LogP contribution in [0, 0.1) is 6.92 Å². The van der Waals surface area contributed by atoms with Gasteiger partial charge in [-0.1, -0.05) is 29.8 Å². The molecule has 0 radical (unpaired) electrons. The van der Waals surface area contributed by atoms with Crippen LogP contribution in [-0.4, -0.2) is 47.2 Å². The van der Waals surface area contributed by atoms with E-state index in [2.05, 4.69) is 10.0 Å². The topological polar surface area (TPSA) is 88.9 Å². The second kappa shape index (κ2) is 8.23. The van der Waals surface area contributed by atoms with Crippen LogP contribution in [0.15, 0.2) is 47.4 Å². The lowest BCUT2D eigenvalue weighted by atomic mass is 10.1. The van der Waals surface area contributed by atoms with Crippen LogP contribution < -0.4 is 14.9 Å². The molecule has 0 saturated carbocycles. The Morgan fingerprint density at radius 2 is 1.86 bits per heavy atom. The number of hydrogen-bond acceptors (Lipinski definition) is 4. The average molecular weight is 417 g/mol. The van der Waals surface area contributed by atoms with Crippen molar-refractivity contribution in [1.29, 1.82) is 0 Å². The molecule has 154 valence electrons. The third-order valence-electron chi connectivity index (χ3n) is 5.48. The molecule has 0 aliphatic carbocycles. The van der Waals surface area contributed by atoms with E-state index >= 15 is 0 Å². The summed E-state index contributed by atoms with van der Waals surface area (Å²) in [5.41, 5.74) is 3.46. The van der Waals surface area contributed by atoms with Crippen molar-refractivity contribution in [2.45, 2.75) is 24.3 Å². The molecular formula is C21H26N3O4S+. The number of fused-ring (bicyclic) bond motifs is 1. The summed E-state index contributed by atoms with van der Waals surface area (Å²) >= 11 is 0. The number of amides is 1. The lowest BCUT2D eigenvalue weighted by Crippen LogP contribution is -3.14. The highest BCUT2D eigenvalue weighted by atomic mass is 32.2. The largest absolute Gasteiger partial charge is 0.370 e. The summed E-state index contributed by atoms with van der Waals surface area (Å²) < 4.78 is 34.6. The van der Waals surface area contributed by atoms with E-state index in [1.165, 1.54) is 4.90 Å². The highest BCUT2D eigenvalue weighted by Gasteiger charge is 2.28. The molecule has 1 amide bonds. The van der Waals surface area contributed by atoms with Crippen LogP contribution in [0.4, 0.5) is 5.69 Å². The van der Waals surface area contributed by atoms with Gasteiger partial charge in [0, 0.05) is 5.69 Å². The molecule has 7 nitrogen and oxygen atoms in total. The predicted octanol–water partition coefficient (Wildman–Crippen LogP) is 0.424. The smallest absolute Gasteiger partial charge is 0.241 e. The first-order valence-corrected chi connectivity index (χ1v) is 11.3. The number of quaternary nitrogens is 1. The van der Waals surface area contributed by atoms with Crippen molar-refractivity contribution in [1.82, 2.24) is 4.72 Å². The molecule has 2 heterocycles. The minimum atomic E-state index is -3.74. The third-order valence-corrected chi connectivity index (χ3v) is 6.95. The predicted molar refractivity (Wildman–Crippen MR) is 109 cm³/mol. The van der Waals surface area contributed by atoms with Crippen molar-refractivity contribution in [3.8, 4) is 0 Å². The Labute approximate surface area is 171 Å². The molecule has 0 bridgehead atoms. The fourth-order valence-corrected chi connectivity index (χ4v) is 5.08. The van der Waals surface area contributed by atoms with E-state index in [1.54, 1.807) is 18.2 Å². The molecule has 1 fully saturated rings. The molecule has 1 atom stereocenters. The van der Waals surface area contributed by atoms with Crippen molar-refractivity contribution in [3.05, 3.63) is 59.2 Å². The average Bonchev–Trinajstić information content (AvgIpc) is 3.08. The fourth-order valence-electron chi connectivity index (χ4n) is 3.81. The Hall–Kier alpha value is -2.26. The maximum atomic E-state index is 13.2. The zero-order valence-electron chi connectivity index (χ0n) is 16.4. The van der Waals surface area contributed by atoms with E-state index in [1.807, 2.05) is 31.2 Å². The van der Waals surface area contributed by atoms with Crippen LogP contribution in [0.3, 0.4) is 0 Å². The Kier molecular flexibility index (Phi) is 5.69. The first kappa shape index (κ1) is 20.0. The number of hydrogen-bond donors (Lipinski definition) is 3. The summed E-state index contributed by atoms with van der Waals surface area (Å²) in [6.07, 6.45) is 0.206. The zero-order chi connectivity index (χ0) is 20.4. The quantitative estimate of drug-likeness (QED) is 0.637. The number of nitrogens with one attached hydrogen (secondary N) is 3. The van der Waals surface area contributed by atoms with Crippen LogP contribution >= 0.6 is 0 Å². The Balaban J connectivity index is 1.59. The van der Waals surface area contributed by atoms with Gasteiger partial charge in [-0.3, -0.25) is 4.79 Å². The van der Waals surface area contributed by atoms with Crippen LogP contribution in [-0.2, 0) is 26.0 Å². The van der Waals surface area contributed by atoms with Gasteiger partial charge in [0.25, 0.3) is 0 Å². The first-order chi connectivity index (χ1) is 13.9. The van der Waals surface area contributed by atoms with Crippen molar-refractivity contribution in [2.24, 2.45) is 0 Å². The number of benzene rings is 2. The van der Waals surface area contributed by atoms with Crippen LogP contribution in [0.25, 0.3) is 0 Å². The first-order valence-electron chi connectivity index (χ1n) is 9.84. The van der Waals surface area contributed by atoms with E-state index in [4.69, 9.17) is 4.74 Å². The number of carbonyl (C=O) groups excluding carboxylic acids is 1. The normalized spacial score (nSPS) is 18.3. The fraction of sp³-hybridized carbons (Fsp3) is 0.381. The number of aryl methyl sites for hydroxylation is 1. The number of ether oxygens (including phenoxy) is 1. The van der Waals surface area contributed by atoms with Gasteiger partial charge in [-0.25, -0.2) is 8.42 Å². The third kappa shape index (κ3) is 4.67. The van der Waals surface area contributed by atoms with Gasteiger partial charge < -0.3 is 15.0 Å². The number of sulfonamides is 1. The molecule has 2 aromatic rings. The van der Waals surface area contributed by atoms with Gasteiger partial charge in [0.2, 0.25) is 15.9 Å². The van der Waals surface area contributed by atoms with Gasteiger partial charge in [0.05, 0.1) is 37.1 Å². The second-order valence-electron chi connectivity index (χ2n) is 7.69. The highest BCUT2D eigenvalue weighted by Crippen LogP contribution is 2.26. The molecule has 0 unspecified atom stereocenters. The zero-order valence-corrected chi connectivity index (χ0v) is 17.2. The van der Waals surface area contributed by atoms with Gasteiger partial charge in [-0.15, -0.1) is 0 Å². The van der Waals surface area contributed by atoms with Crippen LogP contribution in [0.1, 0.15) is 22.7 Å².